The van der Waals surface area contributed by atoms with Crippen LogP contribution in [0.2, 0.25) is 0 Å². The molecule has 3 nitrogen and oxygen atoms in total. The van der Waals surface area contributed by atoms with Crippen molar-refractivity contribution in [2.45, 2.75) is 10.9 Å². The van der Waals surface area contributed by atoms with Crippen LogP contribution in [0.4, 0.5) is 0 Å². The van der Waals surface area contributed by atoms with Crippen LogP contribution in [0.25, 0.3) is 0 Å². The van der Waals surface area contributed by atoms with Crippen molar-refractivity contribution in [2.75, 3.05) is 12.3 Å². The number of hydrogen-bond donors (Lipinski definition) is 2. The van der Waals surface area contributed by atoms with Crippen LogP contribution in [-0.2, 0) is 4.79 Å². The van der Waals surface area contributed by atoms with E-state index in [2.05, 4.69) is 17.4 Å². The number of hydrogen-bond acceptors (Lipinski definition) is 3. The van der Waals surface area contributed by atoms with Gasteiger partial charge < -0.3 is 11.1 Å². The van der Waals surface area contributed by atoms with Crippen molar-refractivity contribution in [3.8, 4) is 0 Å². The van der Waals surface area contributed by atoms with Crippen LogP contribution in [-0.4, -0.2) is 18.2 Å². The fraction of sp³-hybridized carbons (Fsp3) is 0.188. The predicted octanol–water partition coefficient (Wildman–Crippen LogP) is 2.59. The third-order valence-corrected chi connectivity index (χ3v) is 3.87. The molecular formula is C16H18N2OS. The maximum atomic E-state index is 11.9. The summed E-state index contributed by atoms with van der Waals surface area (Å²) in [4.78, 5) is 13.1. The summed E-state index contributed by atoms with van der Waals surface area (Å²) in [6.45, 7) is 0.610. The minimum Gasteiger partial charge on any atom is -0.354 e. The lowest BCUT2D eigenvalue weighted by Gasteiger charge is -2.12. The van der Waals surface area contributed by atoms with Gasteiger partial charge in [-0.1, -0.05) is 48.5 Å². The Hall–Kier alpha value is -1.78. The Morgan fingerprint density at radius 1 is 1.05 bits per heavy atom. The van der Waals surface area contributed by atoms with Crippen LogP contribution in [0.5, 0.6) is 0 Å². The van der Waals surface area contributed by atoms with E-state index in [1.165, 1.54) is 4.90 Å². The molecular weight excluding hydrogens is 268 g/mol. The van der Waals surface area contributed by atoms with Crippen molar-refractivity contribution in [1.82, 2.24) is 5.32 Å². The summed E-state index contributed by atoms with van der Waals surface area (Å²) >= 11 is 1.71. The Bertz CT molecular complexity index is 531. The molecule has 0 saturated carbocycles. The number of amides is 1. The minimum atomic E-state index is -0.599. The normalized spacial score (nSPS) is 11.8. The van der Waals surface area contributed by atoms with E-state index < -0.39 is 6.04 Å². The molecule has 0 fully saturated rings. The standard InChI is InChI=1S/C16H18N2OS/c17-15(13-7-3-1-4-8-13)16(19)18-11-12-20-14-9-5-2-6-10-14/h1-10,15H,11-12,17H2,(H,18,19). The molecule has 20 heavy (non-hydrogen) atoms. The first-order valence-corrected chi connectivity index (χ1v) is 7.52. The van der Waals surface area contributed by atoms with E-state index in [1.807, 2.05) is 48.5 Å². The second-order valence-corrected chi connectivity index (χ2v) is 5.51. The average Bonchev–Trinajstić information content (AvgIpc) is 2.52. The minimum absolute atomic E-state index is 0.134. The average molecular weight is 286 g/mol. The van der Waals surface area contributed by atoms with E-state index in [-0.39, 0.29) is 5.91 Å². The largest absolute Gasteiger partial charge is 0.354 e. The molecule has 3 N–H and O–H groups in total. The summed E-state index contributed by atoms with van der Waals surface area (Å²) in [5.74, 6) is 0.696. The van der Waals surface area contributed by atoms with Gasteiger partial charge in [0, 0.05) is 17.2 Å². The molecule has 0 spiro atoms. The summed E-state index contributed by atoms with van der Waals surface area (Å²) in [6, 6.07) is 18.9. The Kier molecular flexibility index (Phi) is 5.65. The Balaban J connectivity index is 1.73. The summed E-state index contributed by atoms with van der Waals surface area (Å²) in [6.07, 6.45) is 0. The third-order valence-electron chi connectivity index (χ3n) is 2.85. The number of rotatable bonds is 6. The molecule has 0 radical (unpaired) electrons. The zero-order chi connectivity index (χ0) is 14.2. The molecule has 0 aromatic heterocycles. The highest BCUT2D eigenvalue weighted by Gasteiger charge is 2.14. The number of nitrogens with one attached hydrogen (secondary N) is 1. The molecule has 0 heterocycles. The summed E-state index contributed by atoms with van der Waals surface area (Å²) in [5, 5.41) is 2.87. The molecule has 1 atom stereocenters. The van der Waals surface area contributed by atoms with Crippen molar-refractivity contribution >= 4 is 17.7 Å². The predicted molar refractivity (Wildman–Crippen MR) is 83.5 cm³/mol. The van der Waals surface area contributed by atoms with Gasteiger partial charge in [0.2, 0.25) is 5.91 Å². The first-order valence-electron chi connectivity index (χ1n) is 6.53. The van der Waals surface area contributed by atoms with Gasteiger partial charge in [-0.05, 0) is 17.7 Å². The van der Waals surface area contributed by atoms with Crippen molar-refractivity contribution in [3.05, 3.63) is 66.2 Å². The topological polar surface area (TPSA) is 55.1 Å². The Labute approximate surface area is 123 Å². The molecule has 0 aliphatic heterocycles. The monoisotopic (exact) mass is 286 g/mol. The highest BCUT2D eigenvalue weighted by atomic mass is 32.2. The molecule has 0 aliphatic rings. The van der Waals surface area contributed by atoms with Gasteiger partial charge in [-0.25, -0.2) is 0 Å². The van der Waals surface area contributed by atoms with Gasteiger partial charge in [0.05, 0.1) is 0 Å². The van der Waals surface area contributed by atoms with E-state index in [0.717, 1.165) is 11.3 Å². The Morgan fingerprint density at radius 2 is 1.65 bits per heavy atom. The maximum Gasteiger partial charge on any atom is 0.241 e. The van der Waals surface area contributed by atoms with Gasteiger partial charge >= 0.3 is 0 Å². The molecule has 0 bridgehead atoms. The van der Waals surface area contributed by atoms with E-state index in [1.54, 1.807) is 11.8 Å². The van der Waals surface area contributed by atoms with Gasteiger partial charge in [-0.15, -0.1) is 11.8 Å². The van der Waals surface area contributed by atoms with Gasteiger partial charge in [-0.2, -0.15) is 0 Å². The maximum absolute atomic E-state index is 11.9. The quantitative estimate of drug-likeness (QED) is 0.634. The van der Waals surface area contributed by atoms with Crippen molar-refractivity contribution < 1.29 is 4.79 Å². The SMILES string of the molecule is NC(C(=O)NCCSc1ccccc1)c1ccccc1. The second-order valence-electron chi connectivity index (χ2n) is 4.34. The zero-order valence-corrected chi connectivity index (χ0v) is 12.0. The first kappa shape index (κ1) is 14.6. The lowest BCUT2D eigenvalue weighted by molar-refractivity contribution is -0.122. The van der Waals surface area contributed by atoms with Crippen LogP contribution in [0.1, 0.15) is 11.6 Å². The third kappa shape index (κ3) is 4.40. The van der Waals surface area contributed by atoms with E-state index >= 15 is 0 Å². The highest BCUT2D eigenvalue weighted by Crippen LogP contribution is 2.16. The summed E-state index contributed by atoms with van der Waals surface area (Å²) < 4.78 is 0. The molecule has 2 aromatic carbocycles. The number of thioether (sulfide) groups is 1. The molecule has 0 aliphatic carbocycles. The van der Waals surface area contributed by atoms with Gasteiger partial charge in [0.25, 0.3) is 0 Å². The summed E-state index contributed by atoms with van der Waals surface area (Å²) in [7, 11) is 0. The van der Waals surface area contributed by atoms with Crippen LogP contribution >= 0.6 is 11.8 Å². The molecule has 2 aromatic rings. The number of nitrogens with two attached hydrogens (primary N) is 1. The summed E-state index contributed by atoms with van der Waals surface area (Å²) in [5.41, 5.74) is 6.75. The van der Waals surface area contributed by atoms with Crippen LogP contribution < -0.4 is 11.1 Å². The van der Waals surface area contributed by atoms with Crippen molar-refractivity contribution in [2.24, 2.45) is 5.73 Å². The fourth-order valence-corrected chi connectivity index (χ4v) is 2.57. The number of carbonyl (C=O) groups excluding carboxylic acids is 1. The van der Waals surface area contributed by atoms with Crippen molar-refractivity contribution in [1.29, 1.82) is 0 Å². The fourth-order valence-electron chi connectivity index (χ4n) is 1.78. The molecule has 1 unspecified atom stereocenters. The molecule has 4 heteroatoms. The Morgan fingerprint density at radius 3 is 2.30 bits per heavy atom. The first-order chi connectivity index (χ1) is 9.77. The second kappa shape index (κ2) is 7.72. The van der Waals surface area contributed by atoms with Crippen LogP contribution in [0, 0.1) is 0 Å². The van der Waals surface area contributed by atoms with Gasteiger partial charge in [0.1, 0.15) is 6.04 Å². The number of benzene rings is 2. The molecule has 104 valence electrons. The molecule has 0 saturated heterocycles. The highest BCUT2D eigenvalue weighted by molar-refractivity contribution is 7.99. The lowest BCUT2D eigenvalue weighted by atomic mass is 10.1. The van der Waals surface area contributed by atoms with E-state index in [0.29, 0.717) is 6.54 Å². The van der Waals surface area contributed by atoms with Gasteiger partial charge in [-0.3, -0.25) is 4.79 Å². The zero-order valence-electron chi connectivity index (χ0n) is 11.2. The smallest absolute Gasteiger partial charge is 0.241 e. The van der Waals surface area contributed by atoms with Crippen LogP contribution in [0.15, 0.2) is 65.6 Å². The lowest BCUT2D eigenvalue weighted by Crippen LogP contribution is -2.35. The number of carbonyl (C=O) groups is 1. The molecule has 2 rings (SSSR count). The molecule has 1 amide bonds. The van der Waals surface area contributed by atoms with Crippen molar-refractivity contribution in [3.63, 3.8) is 0 Å². The van der Waals surface area contributed by atoms with E-state index in [4.69, 9.17) is 5.73 Å². The van der Waals surface area contributed by atoms with Gasteiger partial charge in [0.15, 0.2) is 0 Å². The van der Waals surface area contributed by atoms with E-state index in [9.17, 15) is 4.79 Å². The van der Waals surface area contributed by atoms with Crippen LogP contribution in [0.3, 0.4) is 0 Å².